The van der Waals surface area contributed by atoms with Crippen molar-refractivity contribution < 1.29 is 9.53 Å². The summed E-state index contributed by atoms with van der Waals surface area (Å²) in [5.74, 6) is 0.722. The molecule has 0 heterocycles. The Bertz CT molecular complexity index is 77.3. The van der Waals surface area contributed by atoms with E-state index in [4.69, 9.17) is 0 Å². The topological polar surface area (TPSA) is 26.3 Å². The van der Waals surface area contributed by atoms with Gasteiger partial charge in [0.25, 0.3) is 6.47 Å². The number of hydrogen-bond acceptors (Lipinski definition) is 2. The second kappa shape index (κ2) is 6.59. The van der Waals surface area contributed by atoms with Crippen molar-refractivity contribution in [1.29, 1.82) is 0 Å². The molecule has 0 amide bonds. The van der Waals surface area contributed by atoms with Gasteiger partial charge in [0.1, 0.15) is 0 Å². The van der Waals surface area contributed by atoms with Gasteiger partial charge in [0.05, 0.1) is 6.61 Å². The Kier molecular flexibility index (Phi) is 6.24. The summed E-state index contributed by atoms with van der Waals surface area (Å²) in [7, 11) is 0. The van der Waals surface area contributed by atoms with Gasteiger partial charge >= 0.3 is 0 Å². The lowest BCUT2D eigenvalue weighted by molar-refractivity contribution is -0.129. The lowest BCUT2D eigenvalue weighted by Gasteiger charge is -2.09. The Balaban J connectivity index is 3.16. The highest BCUT2D eigenvalue weighted by Gasteiger charge is 2.01. The van der Waals surface area contributed by atoms with Crippen molar-refractivity contribution in [1.82, 2.24) is 0 Å². The third kappa shape index (κ3) is 4.36. The summed E-state index contributed by atoms with van der Waals surface area (Å²) in [5, 5.41) is 0. The standard InChI is InChI=1S/C8H16O2/c1-3-8(4-2)5-6-10-7-9/h7-8H,3-6H2,1-2H3. The van der Waals surface area contributed by atoms with E-state index in [1.807, 2.05) is 0 Å². The highest BCUT2D eigenvalue weighted by Crippen LogP contribution is 2.11. The average molecular weight is 144 g/mol. The quantitative estimate of drug-likeness (QED) is 0.421. The van der Waals surface area contributed by atoms with Gasteiger partial charge in [0.15, 0.2) is 0 Å². The summed E-state index contributed by atoms with van der Waals surface area (Å²) < 4.78 is 4.59. The van der Waals surface area contributed by atoms with E-state index in [2.05, 4.69) is 18.6 Å². The van der Waals surface area contributed by atoms with Gasteiger partial charge in [0.2, 0.25) is 0 Å². The first-order chi connectivity index (χ1) is 4.85. The largest absolute Gasteiger partial charge is 0.468 e. The molecular weight excluding hydrogens is 128 g/mol. The minimum atomic E-state index is 0.516. The summed E-state index contributed by atoms with van der Waals surface area (Å²) in [4.78, 5) is 9.74. The van der Waals surface area contributed by atoms with Crippen LogP contribution in [-0.4, -0.2) is 13.1 Å². The molecule has 0 atom stereocenters. The summed E-state index contributed by atoms with van der Waals surface area (Å²) >= 11 is 0. The molecule has 0 rings (SSSR count). The fourth-order valence-electron chi connectivity index (χ4n) is 0.980. The van der Waals surface area contributed by atoms with Crippen LogP contribution in [0.4, 0.5) is 0 Å². The maximum Gasteiger partial charge on any atom is 0.293 e. The van der Waals surface area contributed by atoms with E-state index in [0.717, 1.165) is 12.3 Å². The molecule has 10 heavy (non-hydrogen) atoms. The van der Waals surface area contributed by atoms with Crippen molar-refractivity contribution in [3.05, 3.63) is 0 Å². The molecule has 0 aromatic rings. The van der Waals surface area contributed by atoms with Crippen molar-refractivity contribution in [2.45, 2.75) is 33.1 Å². The number of ether oxygens (including phenoxy) is 1. The first-order valence-corrected chi connectivity index (χ1v) is 3.90. The van der Waals surface area contributed by atoms with Crippen molar-refractivity contribution in [3.63, 3.8) is 0 Å². The van der Waals surface area contributed by atoms with Crippen molar-refractivity contribution in [2.75, 3.05) is 6.61 Å². The van der Waals surface area contributed by atoms with Crippen LogP contribution >= 0.6 is 0 Å². The van der Waals surface area contributed by atoms with Crippen LogP contribution in [0.25, 0.3) is 0 Å². The molecule has 0 aliphatic carbocycles. The second-order valence-electron chi connectivity index (χ2n) is 2.44. The van der Waals surface area contributed by atoms with Crippen LogP contribution in [0, 0.1) is 5.92 Å². The van der Waals surface area contributed by atoms with Gasteiger partial charge in [-0.25, -0.2) is 0 Å². The van der Waals surface area contributed by atoms with Crippen LogP contribution in [0.3, 0.4) is 0 Å². The zero-order valence-electron chi connectivity index (χ0n) is 6.80. The normalized spacial score (nSPS) is 9.90. The fourth-order valence-corrected chi connectivity index (χ4v) is 0.980. The van der Waals surface area contributed by atoms with Gasteiger partial charge in [-0.2, -0.15) is 0 Å². The van der Waals surface area contributed by atoms with E-state index in [1.165, 1.54) is 12.8 Å². The number of carbonyl (C=O) groups is 1. The van der Waals surface area contributed by atoms with E-state index in [1.54, 1.807) is 0 Å². The van der Waals surface area contributed by atoms with E-state index < -0.39 is 0 Å². The molecule has 0 N–H and O–H groups in total. The van der Waals surface area contributed by atoms with Crippen LogP contribution < -0.4 is 0 Å². The Morgan fingerprint density at radius 1 is 1.40 bits per heavy atom. The second-order valence-corrected chi connectivity index (χ2v) is 2.44. The van der Waals surface area contributed by atoms with E-state index in [0.29, 0.717) is 13.1 Å². The van der Waals surface area contributed by atoms with Crippen LogP contribution in [0.15, 0.2) is 0 Å². The Morgan fingerprint density at radius 2 is 2.00 bits per heavy atom. The summed E-state index contributed by atoms with van der Waals surface area (Å²) in [6.45, 7) is 5.42. The van der Waals surface area contributed by atoms with Gasteiger partial charge < -0.3 is 4.74 Å². The van der Waals surface area contributed by atoms with Gasteiger partial charge in [-0.1, -0.05) is 26.7 Å². The van der Waals surface area contributed by atoms with Crippen LogP contribution in [0.1, 0.15) is 33.1 Å². The molecule has 0 saturated carbocycles. The molecular formula is C8H16O2. The fraction of sp³-hybridized carbons (Fsp3) is 0.875. The molecule has 0 fully saturated rings. The molecule has 0 radical (unpaired) electrons. The molecule has 0 aliphatic heterocycles. The Morgan fingerprint density at radius 3 is 2.40 bits per heavy atom. The van der Waals surface area contributed by atoms with Crippen molar-refractivity contribution in [2.24, 2.45) is 5.92 Å². The molecule has 0 spiro atoms. The predicted molar refractivity (Wildman–Crippen MR) is 40.7 cm³/mol. The van der Waals surface area contributed by atoms with Crippen LogP contribution in [0.5, 0.6) is 0 Å². The third-order valence-corrected chi connectivity index (χ3v) is 1.87. The van der Waals surface area contributed by atoms with Gasteiger partial charge in [0, 0.05) is 0 Å². The van der Waals surface area contributed by atoms with Crippen LogP contribution in [-0.2, 0) is 9.53 Å². The average Bonchev–Trinajstić information content (AvgIpc) is 1.99. The van der Waals surface area contributed by atoms with Crippen molar-refractivity contribution in [3.8, 4) is 0 Å². The van der Waals surface area contributed by atoms with E-state index in [9.17, 15) is 4.79 Å². The molecule has 0 aromatic heterocycles. The first-order valence-electron chi connectivity index (χ1n) is 3.90. The Labute approximate surface area is 62.6 Å². The Hall–Kier alpha value is -0.530. The molecule has 0 unspecified atom stereocenters. The molecule has 2 heteroatoms. The van der Waals surface area contributed by atoms with Gasteiger partial charge in [-0.05, 0) is 12.3 Å². The van der Waals surface area contributed by atoms with E-state index >= 15 is 0 Å². The molecule has 0 aliphatic rings. The third-order valence-electron chi connectivity index (χ3n) is 1.87. The number of carbonyl (C=O) groups excluding carboxylic acids is 1. The SMILES string of the molecule is CCC(CC)CCOC=O. The monoisotopic (exact) mass is 144 g/mol. The highest BCUT2D eigenvalue weighted by atomic mass is 16.5. The lowest BCUT2D eigenvalue weighted by Crippen LogP contribution is -2.02. The maximum atomic E-state index is 9.74. The van der Waals surface area contributed by atoms with Crippen molar-refractivity contribution >= 4 is 6.47 Å². The molecule has 2 nitrogen and oxygen atoms in total. The predicted octanol–water partition coefficient (Wildman–Crippen LogP) is 1.99. The van der Waals surface area contributed by atoms with E-state index in [-0.39, 0.29) is 0 Å². The minimum absolute atomic E-state index is 0.516. The smallest absolute Gasteiger partial charge is 0.293 e. The molecule has 0 saturated heterocycles. The first kappa shape index (κ1) is 9.47. The molecule has 60 valence electrons. The lowest BCUT2D eigenvalue weighted by atomic mass is 10.0. The molecule has 0 bridgehead atoms. The summed E-state index contributed by atoms with van der Waals surface area (Å²) in [5.41, 5.74) is 0. The van der Waals surface area contributed by atoms with Gasteiger partial charge in [-0.15, -0.1) is 0 Å². The summed E-state index contributed by atoms with van der Waals surface area (Å²) in [6.07, 6.45) is 3.36. The zero-order chi connectivity index (χ0) is 7.82. The summed E-state index contributed by atoms with van der Waals surface area (Å²) in [6, 6.07) is 0. The number of hydrogen-bond donors (Lipinski definition) is 0. The maximum absolute atomic E-state index is 9.74. The molecule has 0 aromatic carbocycles. The number of rotatable bonds is 6. The highest BCUT2D eigenvalue weighted by molar-refractivity contribution is 5.36. The zero-order valence-corrected chi connectivity index (χ0v) is 6.80. The van der Waals surface area contributed by atoms with Crippen LogP contribution in [0.2, 0.25) is 0 Å². The van der Waals surface area contributed by atoms with Gasteiger partial charge in [-0.3, -0.25) is 4.79 Å². The minimum Gasteiger partial charge on any atom is -0.468 e.